The smallest absolute Gasteiger partial charge is 0.375 e. The van der Waals surface area contributed by atoms with Crippen LogP contribution in [0.2, 0.25) is 0 Å². The lowest BCUT2D eigenvalue weighted by Gasteiger charge is -2.18. The first-order chi connectivity index (χ1) is 12.2. The molecule has 0 saturated carbocycles. The van der Waals surface area contributed by atoms with E-state index in [4.69, 9.17) is 27.8 Å². The minimum absolute atomic E-state index is 0.0732. The van der Waals surface area contributed by atoms with E-state index in [2.05, 4.69) is 19.7 Å². The van der Waals surface area contributed by atoms with E-state index in [1.807, 2.05) is 20.8 Å². The Bertz CT molecular complexity index is 410. The fourth-order valence-electron chi connectivity index (χ4n) is 1.47. The Kier molecular flexibility index (Phi) is 14.8. The zero-order valence-electron chi connectivity index (χ0n) is 16.3. The lowest BCUT2D eigenvalue weighted by Crippen LogP contribution is -2.12. The molecular formula is C18H33O7P. The lowest BCUT2D eigenvalue weighted by molar-refractivity contribution is 0.0415. The molecule has 7 nitrogen and oxygen atoms in total. The minimum atomic E-state index is -3.72. The summed E-state index contributed by atoms with van der Waals surface area (Å²) < 4.78 is 44.4. The van der Waals surface area contributed by atoms with E-state index < -0.39 is 7.82 Å². The Balaban J connectivity index is 4.22. The molecule has 0 aliphatic carbocycles. The van der Waals surface area contributed by atoms with Crippen molar-refractivity contribution in [3.8, 4) is 0 Å². The summed E-state index contributed by atoms with van der Waals surface area (Å²) in [6, 6.07) is 0. The fraction of sp³-hybridized carbons (Fsp3) is 0.667. The highest BCUT2D eigenvalue weighted by atomic mass is 31.2. The molecular weight excluding hydrogens is 359 g/mol. The Morgan fingerprint density at radius 1 is 0.615 bits per heavy atom. The SMILES string of the molecule is C=C(C)COCCOP(=O)(OCCOCC(=C)C)OCCOCC(=C)C. The van der Waals surface area contributed by atoms with Crippen molar-refractivity contribution < 1.29 is 32.3 Å². The third-order valence-corrected chi connectivity index (χ3v) is 3.97. The Labute approximate surface area is 157 Å². The summed E-state index contributed by atoms with van der Waals surface area (Å²) in [7, 11) is -3.72. The average Bonchev–Trinajstić information content (AvgIpc) is 2.53. The van der Waals surface area contributed by atoms with Gasteiger partial charge in [0, 0.05) is 0 Å². The van der Waals surface area contributed by atoms with Gasteiger partial charge in [-0.05, 0) is 20.8 Å². The van der Waals surface area contributed by atoms with Gasteiger partial charge in [-0.1, -0.05) is 36.5 Å². The van der Waals surface area contributed by atoms with Crippen LogP contribution in [0.15, 0.2) is 36.5 Å². The molecule has 0 N–H and O–H groups in total. The minimum Gasteiger partial charge on any atom is -0.375 e. The van der Waals surface area contributed by atoms with Gasteiger partial charge in [0.15, 0.2) is 0 Å². The van der Waals surface area contributed by atoms with Crippen LogP contribution in [0.25, 0.3) is 0 Å². The van der Waals surface area contributed by atoms with Gasteiger partial charge in [-0.3, -0.25) is 13.6 Å². The van der Waals surface area contributed by atoms with E-state index in [0.29, 0.717) is 19.8 Å². The monoisotopic (exact) mass is 392 g/mol. The maximum absolute atomic E-state index is 12.6. The first-order valence-corrected chi connectivity index (χ1v) is 9.91. The van der Waals surface area contributed by atoms with Crippen molar-refractivity contribution in [1.29, 1.82) is 0 Å². The van der Waals surface area contributed by atoms with Crippen molar-refractivity contribution in [1.82, 2.24) is 0 Å². The molecule has 0 spiro atoms. The number of hydrogen-bond donors (Lipinski definition) is 0. The lowest BCUT2D eigenvalue weighted by atomic mass is 10.4. The van der Waals surface area contributed by atoms with Crippen LogP contribution in [0.5, 0.6) is 0 Å². The van der Waals surface area contributed by atoms with E-state index in [1.54, 1.807) is 0 Å². The Morgan fingerprint density at radius 2 is 0.885 bits per heavy atom. The quantitative estimate of drug-likeness (QED) is 0.199. The molecule has 0 aromatic rings. The van der Waals surface area contributed by atoms with E-state index in [0.717, 1.165) is 16.7 Å². The largest absolute Gasteiger partial charge is 0.475 e. The van der Waals surface area contributed by atoms with Crippen LogP contribution in [0.1, 0.15) is 20.8 Å². The molecule has 26 heavy (non-hydrogen) atoms. The normalized spacial score (nSPS) is 11.5. The van der Waals surface area contributed by atoms with Crippen LogP contribution in [0.4, 0.5) is 0 Å². The van der Waals surface area contributed by atoms with Crippen molar-refractivity contribution in [2.75, 3.05) is 59.5 Å². The Hall–Kier alpha value is -0.790. The summed E-state index contributed by atoms with van der Waals surface area (Å²) in [4.78, 5) is 0. The molecule has 0 atom stereocenters. The summed E-state index contributed by atoms with van der Waals surface area (Å²) >= 11 is 0. The second-order valence-electron chi connectivity index (χ2n) is 5.98. The average molecular weight is 392 g/mol. The van der Waals surface area contributed by atoms with Gasteiger partial charge >= 0.3 is 7.82 Å². The molecule has 0 fully saturated rings. The second-order valence-corrected chi connectivity index (χ2v) is 7.64. The molecule has 152 valence electrons. The third-order valence-electron chi connectivity index (χ3n) is 2.48. The van der Waals surface area contributed by atoms with Crippen molar-refractivity contribution in [2.45, 2.75) is 20.8 Å². The maximum atomic E-state index is 12.6. The van der Waals surface area contributed by atoms with Crippen LogP contribution < -0.4 is 0 Å². The van der Waals surface area contributed by atoms with Crippen LogP contribution >= 0.6 is 7.82 Å². The van der Waals surface area contributed by atoms with E-state index in [1.165, 1.54) is 0 Å². The molecule has 0 aliphatic heterocycles. The summed E-state index contributed by atoms with van der Waals surface area (Å²) in [6.07, 6.45) is 0. The number of hydrogen-bond acceptors (Lipinski definition) is 7. The van der Waals surface area contributed by atoms with Crippen molar-refractivity contribution in [3.05, 3.63) is 36.5 Å². The van der Waals surface area contributed by atoms with Gasteiger partial charge < -0.3 is 14.2 Å². The zero-order chi connectivity index (χ0) is 19.8. The highest BCUT2D eigenvalue weighted by Gasteiger charge is 2.26. The highest BCUT2D eigenvalue weighted by Crippen LogP contribution is 2.49. The van der Waals surface area contributed by atoms with Gasteiger partial charge in [0.2, 0.25) is 0 Å². The molecule has 8 heteroatoms. The standard InChI is InChI=1S/C18H33O7P/c1-16(2)13-20-7-10-23-26(19,24-11-8-21-14-17(3)4)25-12-9-22-15-18(5)6/h1,3,5,7-15H2,2,4,6H3. The first-order valence-electron chi connectivity index (χ1n) is 8.45. The number of ether oxygens (including phenoxy) is 3. The van der Waals surface area contributed by atoms with Crippen molar-refractivity contribution >= 4 is 7.82 Å². The first kappa shape index (κ1) is 25.2. The van der Waals surface area contributed by atoms with Crippen LogP contribution in [-0.4, -0.2) is 59.5 Å². The van der Waals surface area contributed by atoms with Gasteiger partial charge in [0.05, 0.1) is 59.5 Å². The predicted octanol–water partition coefficient (Wildman–Crippen LogP) is 3.92. The number of phosphoric ester groups is 1. The van der Waals surface area contributed by atoms with E-state index >= 15 is 0 Å². The molecule has 0 heterocycles. The summed E-state index contributed by atoms with van der Waals surface area (Å²) in [5.41, 5.74) is 2.68. The van der Waals surface area contributed by atoms with Crippen molar-refractivity contribution in [2.24, 2.45) is 0 Å². The van der Waals surface area contributed by atoms with Crippen LogP contribution in [0, 0.1) is 0 Å². The molecule has 0 saturated heterocycles. The van der Waals surface area contributed by atoms with Gasteiger partial charge in [-0.2, -0.15) is 0 Å². The predicted molar refractivity (Wildman–Crippen MR) is 102 cm³/mol. The summed E-state index contributed by atoms with van der Waals surface area (Å²) in [5.74, 6) is 0. The Morgan fingerprint density at radius 3 is 1.12 bits per heavy atom. The van der Waals surface area contributed by atoms with Gasteiger partial charge in [0.1, 0.15) is 0 Å². The van der Waals surface area contributed by atoms with Crippen LogP contribution in [-0.2, 0) is 32.3 Å². The summed E-state index contributed by atoms with van der Waals surface area (Å²) in [5, 5.41) is 0. The highest BCUT2D eigenvalue weighted by molar-refractivity contribution is 7.48. The van der Waals surface area contributed by atoms with Gasteiger partial charge in [0.25, 0.3) is 0 Å². The number of phosphoric acid groups is 1. The molecule has 0 aromatic carbocycles. The van der Waals surface area contributed by atoms with E-state index in [-0.39, 0.29) is 39.6 Å². The zero-order valence-corrected chi connectivity index (χ0v) is 17.2. The molecule has 0 aliphatic rings. The maximum Gasteiger partial charge on any atom is 0.475 e. The summed E-state index contributed by atoms with van der Waals surface area (Å²) in [6.45, 7) is 19.0. The fourth-order valence-corrected chi connectivity index (χ4v) is 2.59. The van der Waals surface area contributed by atoms with Gasteiger partial charge in [-0.15, -0.1) is 0 Å². The van der Waals surface area contributed by atoms with Crippen LogP contribution in [0.3, 0.4) is 0 Å². The molecule has 0 unspecified atom stereocenters. The molecule has 0 bridgehead atoms. The third kappa shape index (κ3) is 16.7. The van der Waals surface area contributed by atoms with Gasteiger partial charge in [-0.25, -0.2) is 4.57 Å². The topological polar surface area (TPSA) is 72.5 Å². The molecule has 0 aromatic heterocycles. The molecule has 0 rings (SSSR count). The van der Waals surface area contributed by atoms with E-state index in [9.17, 15) is 4.57 Å². The molecule has 0 radical (unpaired) electrons. The van der Waals surface area contributed by atoms with Crippen molar-refractivity contribution in [3.63, 3.8) is 0 Å². The number of rotatable bonds is 18. The molecule has 0 amide bonds. The second kappa shape index (κ2) is 15.3.